The van der Waals surface area contributed by atoms with Crippen molar-refractivity contribution in [2.75, 3.05) is 0 Å². The molecule has 3 nitrogen and oxygen atoms in total. The molecule has 0 unspecified atom stereocenters. The van der Waals surface area contributed by atoms with Gasteiger partial charge in [0.25, 0.3) is 0 Å². The van der Waals surface area contributed by atoms with Gasteiger partial charge < -0.3 is 9.62 Å². The number of furan rings is 1. The molecule has 0 aliphatic rings. The van der Waals surface area contributed by atoms with Crippen molar-refractivity contribution in [2.45, 2.75) is 13.8 Å². The summed E-state index contributed by atoms with van der Waals surface area (Å²) in [7, 11) is 0. The number of halogens is 1. The smallest absolute Gasteiger partial charge is 0.152 e. The fraction of sp³-hybridized carbons (Fsp3) is 0.154. The van der Waals surface area contributed by atoms with E-state index in [9.17, 15) is 0 Å². The Bertz CT molecular complexity index is 573. The highest BCUT2D eigenvalue weighted by Crippen LogP contribution is 2.28. The fourth-order valence-electron chi connectivity index (χ4n) is 1.59. The number of hydrogen-bond acceptors (Lipinski definition) is 3. The van der Waals surface area contributed by atoms with Crippen molar-refractivity contribution in [3.8, 4) is 11.3 Å². The van der Waals surface area contributed by atoms with Gasteiger partial charge >= 0.3 is 0 Å². The summed E-state index contributed by atoms with van der Waals surface area (Å²) in [4.78, 5) is 0. The van der Waals surface area contributed by atoms with E-state index in [1.54, 1.807) is 13.0 Å². The molecule has 1 N–H and O–H groups in total. The molecule has 0 bridgehead atoms. The second-order valence-electron chi connectivity index (χ2n) is 3.81. The summed E-state index contributed by atoms with van der Waals surface area (Å²) in [5, 5.41) is 12.4. The summed E-state index contributed by atoms with van der Waals surface area (Å²) in [6, 6.07) is 9.23. The second kappa shape index (κ2) is 4.63. The first-order valence-corrected chi connectivity index (χ1v) is 5.55. The number of hydrogen-bond donors (Lipinski definition) is 1. The highest BCUT2D eigenvalue weighted by Gasteiger charge is 2.09. The summed E-state index contributed by atoms with van der Waals surface area (Å²) >= 11 is 5.96. The number of benzene rings is 1. The zero-order valence-corrected chi connectivity index (χ0v) is 10.3. The number of nitrogens with zero attached hydrogens (tertiary/aromatic N) is 1. The van der Waals surface area contributed by atoms with Crippen LogP contribution < -0.4 is 0 Å². The molecule has 4 heteroatoms. The summed E-state index contributed by atoms with van der Waals surface area (Å²) in [6.07, 6.45) is 0. The minimum absolute atomic E-state index is 0.441. The molecule has 1 heterocycles. The maximum absolute atomic E-state index is 8.67. The van der Waals surface area contributed by atoms with Crippen LogP contribution in [0.4, 0.5) is 0 Å². The average Bonchev–Trinajstić information content (AvgIpc) is 2.80. The Morgan fingerprint density at radius 2 is 2.06 bits per heavy atom. The van der Waals surface area contributed by atoms with Gasteiger partial charge in [0.2, 0.25) is 0 Å². The highest BCUT2D eigenvalue weighted by atomic mass is 35.5. The van der Waals surface area contributed by atoms with Crippen LogP contribution in [0.5, 0.6) is 0 Å². The van der Waals surface area contributed by atoms with E-state index in [0.29, 0.717) is 22.3 Å². The first-order chi connectivity index (χ1) is 8.11. The lowest BCUT2D eigenvalue weighted by Gasteiger charge is -2.02. The molecule has 17 heavy (non-hydrogen) atoms. The first-order valence-electron chi connectivity index (χ1n) is 5.17. The average molecular weight is 250 g/mol. The predicted molar refractivity (Wildman–Crippen MR) is 67.9 cm³/mol. The second-order valence-corrected chi connectivity index (χ2v) is 4.24. The fourth-order valence-corrected chi connectivity index (χ4v) is 1.76. The Hall–Kier alpha value is -1.74. The van der Waals surface area contributed by atoms with E-state index < -0.39 is 0 Å². The quantitative estimate of drug-likeness (QED) is 0.495. The van der Waals surface area contributed by atoms with Crippen molar-refractivity contribution >= 4 is 17.3 Å². The minimum Gasteiger partial charge on any atom is -0.455 e. The first kappa shape index (κ1) is 11.7. The lowest BCUT2D eigenvalue weighted by Crippen LogP contribution is -1.90. The van der Waals surface area contributed by atoms with E-state index in [1.807, 2.05) is 31.2 Å². The zero-order chi connectivity index (χ0) is 12.4. The molecule has 0 spiro atoms. The van der Waals surface area contributed by atoms with Gasteiger partial charge in [-0.05, 0) is 43.7 Å². The minimum atomic E-state index is 0.441. The largest absolute Gasteiger partial charge is 0.455 e. The molecule has 0 saturated heterocycles. The Kier molecular flexibility index (Phi) is 3.20. The monoisotopic (exact) mass is 249 g/mol. The van der Waals surface area contributed by atoms with Crippen molar-refractivity contribution in [3.05, 3.63) is 46.7 Å². The van der Waals surface area contributed by atoms with Crippen LogP contribution in [0.3, 0.4) is 0 Å². The van der Waals surface area contributed by atoms with Crippen LogP contribution in [0, 0.1) is 6.92 Å². The highest BCUT2D eigenvalue weighted by molar-refractivity contribution is 6.30. The molecule has 1 aromatic heterocycles. The van der Waals surface area contributed by atoms with E-state index in [-0.39, 0.29) is 0 Å². The summed E-state index contributed by atoms with van der Waals surface area (Å²) in [5.74, 6) is 1.25. The van der Waals surface area contributed by atoms with Gasteiger partial charge in [-0.15, -0.1) is 0 Å². The number of rotatable bonds is 2. The van der Waals surface area contributed by atoms with Crippen LogP contribution in [-0.2, 0) is 0 Å². The van der Waals surface area contributed by atoms with Gasteiger partial charge in [-0.25, -0.2) is 0 Å². The number of aryl methyl sites for hydroxylation is 1. The summed E-state index contributed by atoms with van der Waals surface area (Å²) < 4.78 is 5.61. The Balaban J connectivity index is 2.47. The topological polar surface area (TPSA) is 45.7 Å². The van der Waals surface area contributed by atoms with Gasteiger partial charge in [0.1, 0.15) is 11.5 Å². The molecule has 0 aliphatic carbocycles. The molecule has 0 aliphatic heterocycles. The van der Waals surface area contributed by atoms with Gasteiger partial charge in [-0.1, -0.05) is 22.8 Å². The van der Waals surface area contributed by atoms with Crippen LogP contribution in [0.2, 0.25) is 5.02 Å². The van der Waals surface area contributed by atoms with Crippen LogP contribution in [0.15, 0.2) is 39.9 Å². The SMILES string of the molecule is C/C(=N\O)c1ccc(-c2cc(Cl)ccc2C)o1. The van der Waals surface area contributed by atoms with Gasteiger partial charge in [-0.3, -0.25) is 0 Å². The molecule has 88 valence electrons. The standard InChI is InChI=1S/C13H12ClNO2/c1-8-3-4-10(14)7-11(8)13-6-5-12(17-13)9(2)15-16/h3-7,16H,1-2H3/b15-9+. The molecule has 0 fully saturated rings. The lowest BCUT2D eigenvalue weighted by atomic mass is 10.1. The molecule has 1 aromatic carbocycles. The van der Waals surface area contributed by atoms with Gasteiger partial charge in [0, 0.05) is 10.6 Å². The van der Waals surface area contributed by atoms with Crippen LogP contribution >= 0.6 is 11.6 Å². The van der Waals surface area contributed by atoms with Crippen molar-refractivity contribution in [1.29, 1.82) is 0 Å². The van der Waals surface area contributed by atoms with Crippen molar-refractivity contribution in [3.63, 3.8) is 0 Å². The molecular weight excluding hydrogens is 238 g/mol. The Morgan fingerprint density at radius 1 is 1.29 bits per heavy atom. The zero-order valence-electron chi connectivity index (χ0n) is 9.57. The van der Waals surface area contributed by atoms with E-state index in [4.69, 9.17) is 21.2 Å². The molecule has 0 saturated carbocycles. The van der Waals surface area contributed by atoms with Crippen molar-refractivity contribution in [1.82, 2.24) is 0 Å². The van der Waals surface area contributed by atoms with Gasteiger partial charge in [0.15, 0.2) is 5.76 Å². The molecular formula is C13H12ClNO2. The Morgan fingerprint density at radius 3 is 2.76 bits per heavy atom. The maximum atomic E-state index is 8.67. The van der Waals surface area contributed by atoms with Crippen LogP contribution in [-0.4, -0.2) is 10.9 Å². The molecule has 0 radical (unpaired) electrons. The summed E-state index contributed by atoms with van der Waals surface area (Å²) in [6.45, 7) is 3.66. The maximum Gasteiger partial charge on any atom is 0.152 e. The van der Waals surface area contributed by atoms with Crippen LogP contribution in [0.25, 0.3) is 11.3 Å². The molecule has 2 aromatic rings. The van der Waals surface area contributed by atoms with E-state index >= 15 is 0 Å². The third-order valence-corrected chi connectivity index (χ3v) is 2.81. The van der Waals surface area contributed by atoms with Crippen molar-refractivity contribution < 1.29 is 9.62 Å². The third-order valence-electron chi connectivity index (χ3n) is 2.58. The normalized spacial score (nSPS) is 11.8. The van der Waals surface area contributed by atoms with E-state index in [1.165, 1.54) is 0 Å². The molecule has 0 atom stereocenters. The molecule has 2 rings (SSSR count). The van der Waals surface area contributed by atoms with Crippen molar-refractivity contribution in [2.24, 2.45) is 5.16 Å². The number of oxime groups is 1. The van der Waals surface area contributed by atoms with Gasteiger partial charge in [-0.2, -0.15) is 0 Å². The lowest BCUT2D eigenvalue weighted by molar-refractivity contribution is 0.317. The van der Waals surface area contributed by atoms with E-state index in [2.05, 4.69) is 5.16 Å². The summed E-state index contributed by atoms with van der Waals surface area (Å²) in [5.41, 5.74) is 2.46. The van der Waals surface area contributed by atoms with Gasteiger partial charge in [0.05, 0.1) is 0 Å². The molecule has 0 amide bonds. The third kappa shape index (κ3) is 2.34. The Labute approximate surface area is 104 Å². The van der Waals surface area contributed by atoms with E-state index in [0.717, 1.165) is 11.1 Å². The predicted octanol–water partition coefficient (Wildman–Crippen LogP) is 4.11. The van der Waals surface area contributed by atoms with Crippen LogP contribution in [0.1, 0.15) is 18.2 Å².